The molecule has 4 heteroatoms. The summed E-state index contributed by atoms with van der Waals surface area (Å²) in [5.41, 5.74) is 0.958. The summed E-state index contributed by atoms with van der Waals surface area (Å²) < 4.78 is 11.0. The summed E-state index contributed by atoms with van der Waals surface area (Å²) in [5, 5.41) is 0.729. The first-order chi connectivity index (χ1) is 6.31. The first kappa shape index (κ1) is 9.21. The molecule has 0 aliphatic carbocycles. The Morgan fingerprint density at radius 1 is 1.62 bits per heavy atom. The van der Waals surface area contributed by atoms with Crippen LogP contribution in [0.4, 0.5) is 0 Å². The minimum Gasteiger partial charge on any atom is -0.445 e. The normalized spacial score (nSPS) is 28.2. The summed E-state index contributed by atoms with van der Waals surface area (Å²) in [6, 6.07) is 0. The number of aromatic nitrogens is 1. The van der Waals surface area contributed by atoms with E-state index in [9.17, 15) is 0 Å². The second-order valence-corrected chi connectivity index (χ2v) is 3.87. The lowest BCUT2D eigenvalue weighted by Crippen LogP contribution is -2.01. The number of alkyl halides is 1. The number of hydrogen-bond donors (Lipinski definition) is 0. The molecule has 1 aliphatic rings. The van der Waals surface area contributed by atoms with Crippen molar-refractivity contribution < 1.29 is 9.15 Å². The number of ether oxygens (including phenoxy) is 1. The first-order valence-corrected chi connectivity index (χ1v) is 5.57. The smallest absolute Gasteiger partial charge is 0.181 e. The molecule has 1 aromatic heterocycles. The zero-order chi connectivity index (χ0) is 9.26. The molecule has 3 nitrogen and oxygen atoms in total. The highest BCUT2D eigenvalue weighted by molar-refractivity contribution is 9.08. The fraction of sp³-hybridized carbons (Fsp3) is 0.667. The molecule has 2 unspecified atom stereocenters. The molecule has 0 spiro atoms. The van der Waals surface area contributed by atoms with Gasteiger partial charge in [0.2, 0.25) is 0 Å². The van der Waals surface area contributed by atoms with Crippen LogP contribution in [0.1, 0.15) is 37.3 Å². The van der Waals surface area contributed by atoms with Crippen molar-refractivity contribution in [2.24, 2.45) is 0 Å². The fourth-order valence-corrected chi connectivity index (χ4v) is 2.06. The van der Waals surface area contributed by atoms with Gasteiger partial charge in [0.25, 0.3) is 0 Å². The van der Waals surface area contributed by atoms with Gasteiger partial charge in [0, 0.05) is 5.33 Å². The Hall–Kier alpha value is -0.350. The summed E-state index contributed by atoms with van der Waals surface area (Å²) in [4.78, 5) is 4.11. The molecular weight excluding hydrogens is 234 g/mol. The summed E-state index contributed by atoms with van der Waals surface area (Å²) in [7, 11) is 0. The van der Waals surface area contributed by atoms with Gasteiger partial charge >= 0.3 is 0 Å². The molecule has 2 atom stereocenters. The largest absolute Gasteiger partial charge is 0.445 e. The van der Waals surface area contributed by atoms with E-state index >= 15 is 0 Å². The van der Waals surface area contributed by atoms with E-state index in [1.807, 2.05) is 0 Å². The van der Waals surface area contributed by atoms with Crippen LogP contribution in [-0.4, -0.2) is 11.1 Å². The van der Waals surface area contributed by atoms with Crippen molar-refractivity contribution in [3.8, 4) is 0 Å². The van der Waals surface area contributed by atoms with Gasteiger partial charge < -0.3 is 9.15 Å². The highest BCUT2D eigenvalue weighted by Gasteiger charge is 2.28. The van der Waals surface area contributed by atoms with Crippen molar-refractivity contribution in [2.45, 2.75) is 37.3 Å². The second-order valence-electron chi connectivity index (χ2n) is 3.31. The Morgan fingerprint density at radius 3 is 3.08 bits per heavy atom. The molecule has 0 amide bonds. The van der Waals surface area contributed by atoms with Crippen LogP contribution in [0.2, 0.25) is 0 Å². The average molecular weight is 246 g/mol. The Morgan fingerprint density at radius 2 is 2.46 bits per heavy atom. The monoisotopic (exact) mass is 245 g/mol. The van der Waals surface area contributed by atoms with Crippen LogP contribution in [0.25, 0.3) is 0 Å². The van der Waals surface area contributed by atoms with Crippen LogP contribution in [0.3, 0.4) is 0 Å². The van der Waals surface area contributed by atoms with Crippen molar-refractivity contribution in [1.29, 1.82) is 0 Å². The maximum absolute atomic E-state index is 5.69. The van der Waals surface area contributed by atoms with Gasteiger partial charge in [-0.05, 0) is 19.8 Å². The maximum Gasteiger partial charge on any atom is 0.181 e. The molecule has 1 saturated heterocycles. The van der Waals surface area contributed by atoms with Crippen LogP contribution in [0.15, 0.2) is 10.8 Å². The quantitative estimate of drug-likeness (QED) is 0.752. The van der Waals surface area contributed by atoms with Crippen molar-refractivity contribution in [2.75, 3.05) is 0 Å². The van der Waals surface area contributed by atoms with E-state index in [2.05, 4.69) is 27.8 Å². The van der Waals surface area contributed by atoms with Gasteiger partial charge in [-0.1, -0.05) is 15.9 Å². The lowest BCUT2D eigenvalue weighted by atomic mass is 10.1. The molecule has 13 heavy (non-hydrogen) atoms. The molecule has 1 aromatic rings. The van der Waals surface area contributed by atoms with E-state index in [1.165, 1.54) is 6.39 Å². The third-order valence-electron chi connectivity index (χ3n) is 2.32. The molecule has 0 saturated carbocycles. The van der Waals surface area contributed by atoms with Crippen molar-refractivity contribution in [1.82, 2.24) is 4.98 Å². The van der Waals surface area contributed by atoms with Crippen LogP contribution < -0.4 is 0 Å². The van der Waals surface area contributed by atoms with Crippen molar-refractivity contribution in [3.05, 3.63) is 17.8 Å². The van der Waals surface area contributed by atoms with Gasteiger partial charge in [-0.3, -0.25) is 0 Å². The zero-order valence-electron chi connectivity index (χ0n) is 7.50. The van der Waals surface area contributed by atoms with Crippen LogP contribution in [-0.2, 0) is 10.1 Å². The number of halogens is 1. The molecule has 0 N–H and O–H groups in total. The van der Waals surface area contributed by atoms with Gasteiger partial charge in [0.15, 0.2) is 12.2 Å². The summed E-state index contributed by atoms with van der Waals surface area (Å²) in [6.07, 6.45) is 4.09. The lowest BCUT2D eigenvalue weighted by molar-refractivity contribution is 0.0419. The molecule has 1 fully saturated rings. The SMILES string of the molecule is CC1CCC(c2ocnc2CBr)O1. The molecular formula is C9H12BrNO2. The van der Waals surface area contributed by atoms with E-state index < -0.39 is 0 Å². The Labute approximate surface area is 85.6 Å². The Bertz CT molecular complexity index is 287. The van der Waals surface area contributed by atoms with E-state index in [0.717, 1.165) is 29.6 Å². The summed E-state index contributed by atoms with van der Waals surface area (Å²) in [5.74, 6) is 0.890. The molecule has 2 heterocycles. The van der Waals surface area contributed by atoms with E-state index in [1.54, 1.807) is 0 Å². The molecule has 0 bridgehead atoms. The molecule has 0 radical (unpaired) electrons. The van der Waals surface area contributed by atoms with Gasteiger partial charge in [0.05, 0.1) is 11.8 Å². The Kier molecular flexibility index (Phi) is 2.69. The number of oxazole rings is 1. The lowest BCUT2D eigenvalue weighted by Gasteiger charge is -2.08. The van der Waals surface area contributed by atoms with Gasteiger partial charge in [0.1, 0.15) is 6.10 Å². The first-order valence-electron chi connectivity index (χ1n) is 4.45. The molecule has 2 rings (SSSR count). The molecule has 1 aliphatic heterocycles. The topological polar surface area (TPSA) is 35.3 Å². The number of rotatable bonds is 2. The van der Waals surface area contributed by atoms with Crippen molar-refractivity contribution in [3.63, 3.8) is 0 Å². The molecule has 0 aromatic carbocycles. The number of hydrogen-bond acceptors (Lipinski definition) is 3. The third kappa shape index (κ3) is 1.79. The standard InChI is InChI=1S/C9H12BrNO2/c1-6-2-3-8(13-6)9-7(4-10)11-5-12-9/h5-6,8H,2-4H2,1H3. The highest BCUT2D eigenvalue weighted by Crippen LogP contribution is 2.34. The predicted molar refractivity (Wildman–Crippen MR) is 51.7 cm³/mol. The zero-order valence-corrected chi connectivity index (χ0v) is 9.08. The second kappa shape index (κ2) is 3.80. The van der Waals surface area contributed by atoms with E-state index in [4.69, 9.17) is 9.15 Å². The van der Waals surface area contributed by atoms with Crippen LogP contribution in [0.5, 0.6) is 0 Å². The van der Waals surface area contributed by atoms with Gasteiger partial charge in [-0.25, -0.2) is 4.98 Å². The predicted octanol–water partition coefficient (Wildman–Crippen LogP) is 2.81. The maximum atomic E-state index is 5.69. The summed E-state index contributed by atoms with van der Waals surface area (Å²) in [6.45, 7) is 2.09. The average Bonchev–Trinajstić information content (AvgIpc) is 2.71. The summed E-state index contributed by atoms with van der Waals surface area (Å²) >= 11 is 3.37. The van der Waals surface area contributed by atoms with E-state index in [0.29, 0.717) is 6.10 Å². The minimum absolute atomic E-state index is 0.116. The highest BCUT2D eigenvalue weighted by atomic mass is 79.9. The van der Waals surface area contributed by atoms with E-state index in [-0.39, 0.29) is 6.10 Å². The molecule has 72 valence electrons. The van der Waals surface area contributed by atoms with Gasteiger partial charge in [-0.15, -0.1) is 0 Å². The third-order valence-corrected chi connectivity index (χ3v) is 2.85. The van der Waals surface area contributed by atoms with Crippen LogP contribution in [0, 0.1) is 0 Å². The van der Waals surface area contributed by atoms with Gasteiger partial charge in [-0.2, -0.15) is 0 Å². The number of nitrogens with zero attached hydrogens (tertiary/aromatic N) is 1. The van der Waals surface area contributed by atoms with Crippen molar-refractivity contribution >= 4 is 15.9 Å². The Balaban J connectivity index is 2.16. The minimum atomic E-state index is 0.116. The van der Waals surface area contributed by atoms with Crippen LogP contribution >= 0.6 is 15.9 Å². The fourth-order valence-electron chi connectivity index (χ4n) is 1.64.